The summed E-state index contributed by atoms with van der Waals surface area (Å²) in [5.41, 5.74) is 0.272. The zero-order chi connectivity index (χ0) is 9.52. The van der Waals surface area contributed by atoms with E-state index in [1.165, 1.54) is 0 Å². The van der Waals surface area contributed by atoms with Gasteiger partial charge in [-0.25, -0.2) is 0 Å². The van der Waals surface area contributed by atoms with Crippen LogP contribution in [0, 0.1) is 11.3 Å². The average Bonchev–Trinajstić information content (AvgIpc) is 2.22. The summed E-state index contributed by atoms with van der Waals surface area (Å²) in [6.07, 6.45) is 0.876. The van der Waals surface area contributed by atoms with Crippen LogP contribution in [0.15, 0.2) is 0 Å². The van der Waals surface area contributed by atoms with Crippen molar-refractivity contribution in [1.82, 2.24) is 4.90 Å². The standard InChI is InChI=1S/C10H21NO/c1-6-10(4)7(2)9(12)11(5)8(10)3/h7-9,12H,6H2,1-5H3. The van der Waals surface area contributed by atoms with Gasteiger partial charge < -0.3 is 5.11 Å². The minimum Gasteiger partial charge on any atom is -0.378 e. The van der Waals surface area contributed by atoms with E-state index in [2.05, 4.69) is 32.6 Å². The summed E-state index contributed by atoms with van der Waals surface area (Å²) in [6, 6.07) is 0.479. The largest absolute Gasteiger partial charge is 0.378 e. The first-order valence-corrected chi connectivity index (χ1v) is 4.85. The van der Waals surface area contributed by atoms with Crippen LogP contribution < -0.4 is 0 Å². The number of likely N-dealkylation sites (tertiary alicyclic amines) is 1. The van der Waals surface area contributed by atoms with Crippen molar-refractivity contribution in [2.45, 2.75) is 46.4 Å². The highest BCUT2D eigenvalue weighted by atomic mass is 16.3. The van der Waals surface area contributed by atoms with E-state index in [4.69, 9.17) is 0 Å². The Hall–Kier alpha value is -0.0800. The topological polar surface area (TPSA) is 23.5 Å². The maximum absolute atomic E-state index is 9.83. The molecule has 0 aliphatic carbocycles. The van der Waals surface area contributed by atoms with Crippen LogP contribution in [0.25, 0.3) is 0 Å². The Labute approximate surface area is 75.6 Å². The van der Waals surface area contributed by atoms with E-state index in [1.54, 1.807) is 0 Å². The van der Waals surface area contributed by atoms with Crippen LogP contribution in [0.4, 0.5) is 0 Å². The third kappa shape index (κ3) is 1.09. The molecule has 0 amide bonds. The monoisotopic (exact) mass is 171 g/mol. The van der Waals surface area contributed by atoms with Gasteiger partial charge in [-0.2, -0.15) is 0 Å². The number of rotatable bonds is 1. The molecule has 72 valence electrons. The molecular formula is C10H21NO. The highest BCUT2D eigenvalue weighted by Gasteiger charge is 2.49. The Balaban J connectivity index is 2.90. The van der Waals surface area contributed by atoms with Crippen molar-refractivity contribution in [3.8, 4) is 0 Å². The van der Waals surface area contributed by atoms with Crippen LogP contribution in [-0.2, 0) is 0 Å². The highest BCUT2D eigenvalue weighted by Crippen LogP contribution is 2.45. The lowest BCUT2D eigenvalue weighted by Gasteiger charge is -2.32. The second kappa shape index (κ2) is 3.00. The predicted molar refractivity (Wildman–Crippen MR) is 50.8 cm³/mol. The minimum absolute atomic E-state index is 0.259. The summed E-state index contributed by atoms with van der Waals surface area (Å²) in [6.45, 7) is 8.83. The summed E-state index contributed by atoms with van der Waals surface area (Å²) < 4.78 is 0. The highest BCUT2D eigenvalue weighted by molar-refractivity contribution is 4.98. The smallest absolute Gasteiger partial charge is 0.110 e. The Morgan fingerprint density at radius 3 is 2.08 bits per heavy atom. The lowest BCUT2D eigenvalue weighted by Crippen LogP contribution is -2.34. The Morgan fingerprint density at radius 2 is 1.92 bits per heavy atom. The van der Waals surface area contributed by atoms with Crippen LogP contribution in [0.2, 0.25) is 0 Å². The number of aliphatic hydroxyl groups excluding tert-OH is 1. The number of nitrogens with zero attached hydrogens (tertiary/aromatic N) is 1. The Morgan fingerprint density at radius 1 is 1.42 bits per heavy atom. The zero-order valence-electron chi connectivity index (χ0n) is 8.83. The molecule has 0 bridgehead atoms. The molecule has 0 spiro atoms. The quantitative estimate of drug-likeness (QED) is 0.649. The van der Waals surface area contributed by atoms with Crippen molar-refractivity contribution in [3.63, 3.8) is 0 Å². The average molecular weight is 171 g/mol. The number of aliphatic hydroxyl groups is 1. The van der Waals surface area contributed by atoms with Gasteiger partial charge in [0.1, 0.15) is 6.23 Å². The van der Waals surface area contributed by atoms with E-state index in [-0.39, 0.29) is 11.6 Å². The maximum atomic E-state index is 9.83. The van der Waals surface area contributed by atoms with Gasteiger partial charge in [-0.05, 0) is 25.8 Å². The fourth-order valence-electron chi connectivity index (χ4n) is 2.39. The molecule has 1 heterocycles. The lowest BCUT2D eigenvalue weighted by molar-refractivity contribution is 0.0151. The van der Waals surface area contributed by atoms with Gasteiger partial charge in [0.2, 0.25) is 0 Å². The van der Waals surface area contributed by atoms with Crippen LogP contribution in [0.1, 0.15) is 34.1 Å². The first kappa shape index (κ1) is 10.0. The third-order valence-corrected chi connectivity index (χ3v) is 4.23. The van der Waals surface area contributed by atoms with E-state index in [0.29, 0.717) is 12.0 Å². The van der Waals surface area contributed by atoms with Crippen LogP contribution in [-0.4, -0.2) is 29.3 Å². The Bertz CT molecular complexity index is 155. The zero-order valence-corrected chi connectivity index (χ0v) is 8.83. The second-order valence-corrected chi connectivity index (χ2v) is 4.40. The molecule has 2 nitrogen and oxygen atoms in total. The first-order valence-electron chi connectivity index (χ1n) is 4.85. The fourth-order valence-corrected chi connectivity index (χ4v) is 2.39. The molecule has 4 atom stereocenters. The molecule has 1 aliphatic heterocycles. The SMILES string of the molecule is CCC1(C)C(C)C(O)N(C)C1C. The van der Waals surface area contributed by atoms with Gasteiger partial charge in [0, 0.05) is 12.0 Å². The van der Waals surface area contributed by atoms with Gasteiger partial charge >= 0.3 is 0 Å². The van der Waals surface area contributed by atoms with E-state index < -0.39 is 0 Å². The number of hydrogen-bond donors (Lipinski definition) is 1. The van der Waals surface area contributed by atoms with E-state index in [1.807, 2.05) is 7.05 Å². The molecule has 0 saturated carbocycles. The van der Waals surface area contributed by atoms with Crippen molar-refractivity contribution in [1.29, 1.82) is 0 Å². The lowest BCUT2D eigenvalue weighted by atomic mass is 9.74. The molecule has 4 unspecified atom stereocenters. The Kier molecular flexibility index (Phi) is 2.50. The van der Waals surface area contributed by atoms with Gasteiger partial charge in [-0.3, -0.25) is 4.90 Å². The molecule has 1 rings (SSSR count). The summed E-state index contributed by atoms with van der Waals surface area (Å²) in [4.78, 5) is 2.08. The molecular weight excluding hydrogens is 150 g/mol. The summed E-state index contributed by atoms with van der Waals surface area (Å²) >= 11 is 0. The summed E-state index contributed by atoms with van der Waals surface area (Å²) in [7, 11) is 2.01. The molecule has 12 heavy (non-hydrogen) atoms. The van der Waals surface area contributed by atoms with Gasteiger partial charge in [-0.1, -0.05) is 20.8 Å². The minimum atomic E-state index is -0.259. The third-order valence-electron chi connectivity index (χ3n) is 4.23. The van der Waals surface area contributed by atoms with Crippen LogP contribution in [0.3, 0.4) is 0 Å². The second-order valence-electron chi connectivity index (χ2n) is 4.40. The van der Waals surface area contributed by atoms with Gasteiger partial charge in [-0.15, -0.1) is 0 Å². The molecule has 1 N–H and O–H groups in total. The normalized spacial score (nSPS) is 50.0. The molecule has 1 aliphatic rings. The molecule has 0 aromatic carbocycles. The van der Waals surface area contributed by atoms with Gasteiger partial charge in [0.05, 0.1) is 0 Å². The van der Waals surface area contributed by atoms with Crippen LogP contribution in [0.5, 0.6) is 0 Å². The van der Waals surface area contributed by atoms with Crippen molar-refractivity contribution in [2.75, 3.05) is 7.05 Å². The van der Waals surface area contributed by atoms with Gasteiger partial charge in [0.15, 0.2) is 0 Å². The predicted octanol–water partition coefficient (Wildman–Crippen LogP) is 1.69. The fraction of sp³-hybridized carbons (Fsp3) is 1.00. The van der Waals surface area contributed by atoms with Crippen molar-refractivity contribution >= 4 is 0 Å². The van der Waals surface area contributed by atoms with Crippen molar-refractivity contribution in [3.05, 3.63) is 0 Å². The summed E-state index contributed by atoms with van der Waals surface area (Å²) in [5.74, 6) is 0.377. The van der Waals surface area contributed by atoms with Crippen molar-refractivity contribution in [2.24, 2.45) is 11.3 Å². The molecule has 0 radical (unpaired) electrons. The molecule has 0 aromatic heterocycles. The molecule has 2 heteroatoms. The molecule has 1 saturated heterocycles. The molecule has 1 fully saturated rings. The maximum Gasteiger partial charge on any atom is 0.110 e. The van der Waals surface area contributed by atoms with E-state index in [0.717, 1.165) is 6.42 Å². The van der Waals surface area contributed by atoms with Crippen LogP contribution >= 0.6 is 0 Å². The number of hydrogen-bond acceptors (Lipinski definition) is 2. The van der Waals surface area contributed by atoms with Gasteiger partial charge in [0.25, 0.3) is 0 Å². The van der Waals surface area contributed by atoms with Crippen molar-refractivity contribution < 1.29 is 5.11 Å². The first-order chi connectivity index (χ1) is 5.45. The summed E-state index contributed by atoms with van der Waals surface area (Å²) in [5, 5.41) is 9.83. The van der Waals surface area contributed by atoms with E-state index >= 15 is 0 Å². The molecule has 0 aromatic rings. The van der Waals surface area contributed by atoms with E-state index in [9.17, 15) is 5.11 Å².